The fourth-order valence-electron chi connectivity index (χ4n) is 1.82. The van der Waals surface area contributed by atoms with Crippen LogP contribution in [0.4, 0.5) is 0 Å². The maximum Gasteiger partial charge on any atom is 0.0716 e. The van der Waals surface area contributed by atoms with Gasteiger partial charge in [0.05, 0.1) is 6.61 Å². The lowest BCUT2D eigenvalue weighted by molar-refractivity contribution is 0.118. The normalized spacial score (nSPS) is 15.1. The highest BCUT2D eigenvalue weighted by molar-refractivity contribution is 5.23. The van der Waals surface area contributed by atoms with E-state index in [1.54, 1.807) is 0 Å². The zero-order valence-electron chi connectivity index (χ0n) is 10.7. The third-order valence-corrected chi connectivity index (χ3v) is 3.07. The summed E-state index contributed by atoms with van der Waals surface area (Å²) in [6, 6.07) is 9.49. The van der Waals surface area contributed by atoms with E-state index in [1.165, 1.54) is 30.4 Å². The van der Waals surface area contributed by atoms with Gasteiger partial charge in [0.15, 0.2) is 0 Å². The van der Waals surface area contributed by atoms with Gasteiger partial charge in [0.25, 0.3) is 0 Å². The van der Waals surface area contributed by atoms with Gasteiger partial charge >= 0.3 is 0 Å². The first-order chi connectivity index (χ1) is 8.38. The van der Waals surface area contributed by atoms with Gasteiger partial charge in [-0.2, -0.15) is 0 Å². The van der Waals surface area contributed by atoms with E-state index in [0.717, 1.165) is 32.2 Å². The minimum Gasteiger partial charge on any atom is -0.377 e. The Morgan fingerprint density at radius 3 is 2.88 bits per heavy atom. The largest absolute Gasteiger partial charge is 0.377 e. The number of ether oxygens (including phenoxy) is 1. The molecular formula is C15H23NO. The standard InChI is InChI=1S/C15H23NO/c1-2-3-9-17-12-14-6-4-5-13(10-14)11-16-15-7-8-15/h4-6,10,15-16H,2-3,7-9,11-12H2,1H3. The Bertz CT molecular complexity index is 333. The summed E-state index contributed by atoms with van der Waals surface area (Å²) in [4.78, 5) is 0. The lowest BCUT2D eigenvalue weighted by atomic mass is 10.1. The maximum atomic E-state index is 5.63. The molecule has 1 aromatic rings. The first-order valence-electron chi connectivity index (χ1n) is 6.77. The minimum atomic E-state index is 0.747. The second kappa shape index (κ2) is 6.77. The highest BCUT2D eigenvalue weighted by atomic mass is 16.5. The van der Waals surface area contributed by atoms with Crippen molar-refractivity contribution in [3.05, 3.63) is 35.4 Å². The Morgan fingerprint density at radius 1 is 1.29 bits per heavy atom. The minimum absolute atomic E-state index is 0.747. The summed E-state index contributed by atoms with van der Waals surface area (Å²) >= 11 is 0. The van der Waals surface area contributed by atoms with Crippen LogP contribution in [0.3, 0.4) is 0 Å². The van der Waals surface area contributed by atoms with E-state index in [-0.39, 0.29) is 0 Å². The zero-order valence-corrected chi connectivity index (χ0v) is 10.7. The highest BCUT2D eigenvalue weighted by Crippen LogP contribution is 2.19. The molecule has 1 saturated carbocycles. The van der Waals surface area contributed by atoms with E-state index in [9.17, 15) is 0 Å². The number of nitrogens with one attached hydrogen (secondary N) is 1. The molecule has 0 atom stereocenters. The molecule has 0 bridgehead atoms. The Balaban J connectivity index is 1.74. The van der Waals surface area contributed by atoms with E-state index in [0.29, 0.717) is 0 Å². The summed E-state index contributed by atoms with van der Waals surface area (Å²) in [5.41, 5.74) is 2.66. The molecule has 1 N–H and O–H groups in total. The van der Waals surface area contributed by atoms with Gasteiger partial charge in [-0.15, -0.1) is 0 Å². The van der Waals surface area contributed by atoms with Crippen LogP contribution >= 0.6 is 0 Å². The smallest absolute Gasteiger partial charge is 0.0716 e. The van der Waals surface area contributed by atoms with Crippen LogP contribution in [-0.4, -0.2) is 12.6 Å². The van der Waals surface area contributed by atoms with Gasteiger partial charge < -0.3 is 10.1 Å². The van der Waals surface area contributed by atoms with Gasteiger partial charge in [0.1, 0.15) is 0 Å². The molecule has 2 rings (SSSR count). The topological polar surface area (TPSA) is 21.3 Å². The molecular weight excluding hydrogens is 210 g/mol. The van der Waals surface area contributed by atoms with Gasteiger partial charge in [-0.1, -0.05) is 37.6 Å². The van der Waals surface area contributed by atoms with Crippen LogP contribution in [0.1, 0.15) is 43.7 Å². The lowest BCUT2D eigenvalue weighted by Crippen LogP contribution is -2.15. The van der Waals surface area contributed by atoms with Crippen molar-refractivity contribution < 1.29 is 4.74 Å². The van der Waals surface area contributed by atoms with Crippen LogP contribution in [0.15, 0.2) is 24.3 Å². The average molecular weight is 233 g/mol. The molecule has 1 aliphatic carbocycles. The molecule has 2 nitrogen and oxygen atoms in total. The zero-order chi connectivity index (χ0) is 11.9. The van der Waals surface area contributed by atoms with Crippen molar-refractivity contribution >= 4 is 0 Å². The second-order valence-corrected chi connectivity index (χ2v) is 4.88. The van der Waals surface area contributed by atoms with Crippen LogP contribution in [0.2, 0.25) is 0 Å². The summed E-state index contributed by atoms with van der Waals surface area (Å²) < 4.78 is 5.63. The van der Waals surface area contributed by atoms with Crippen molar-refractivity contribution in [1.82, 2.24) is 5.32 Å². The number of unbranched alkanes of at least 4 members (excludes halogenated alkanes) is 1. The highest BCUT2D eigenvalue weighted by Gasteiger charge is 2.19. The molecule has 0 amide bonds. The van der Waals surface area contributed by atoms with Crippen molar-refractivity contribution in [3.8, 4) is 0 Å². The molecule has 0 unspecified atom stereocenters. The van der Waals surface area contributed by atoms with E-state index in [1.807, 2.05) is 0 Å². The van der Waals surface area contributed by atoms with E-state index >= 15 is 0 Å². The molecule has 2 heteroatoms. The van der Waals surface area contributed by atoms with Gasteiger partial charge in [-0.25, -0.2) is 0 Å². The average Bonchev–Trinajstić information content (AvgIpc) is 3.17. The van der Waals surface area contributed by atoms with Gasteiger partial charge in [0.2, 0.25) is 0 Å². The summed E-state index contributed by atoms with van der Waals surface area (Å²) in [5.74, 6) is 0. The maximum absolute atomic E-state index is 5.63. The predicted octanol–water partition coefficient (Wildman–Crippen LogP) is 3.26. The molecule has 1 aromatic carbocycles. The van der Waals surface area contributed by atoms with Crippen molar-refractivity contribution in [1.29, 1.82) is 0 Å². The monoisotopic (exact) mass is 233 g/mol. The predicted molar refractivity (Wildman–Crippen MR) is 70.9 cm³/mol. The number of hydrogen-bond acceptors (Lipinski definition) is 2. The fourth-order valence-corrected chi connectivity index (χ4v) is 1.82. The Morgan fingerprint density at radius 2 is 2.12 bits per heavy atom. The molecule has 0 radical (unpaired) electrons. The quantitative estimate of drug-likeness (QED) is 0.696. The van der Waals surface area contributed by atoms with E-state index in [4.69, 9.17) is 4.74 Å². The molecule has 0 aromatic heterocycles. The number of rotatable bonds is 8. The first kappa shape index (κ1) is 12.6. The molecule has 0 saturated heterocycles. The molecule has 17 heavy (non-hydrogen) atoms. The molecule has 1 fully saturated rings. The molecule has 0 aliphatic heterocycles. The fraction of sp³-hybridized carbons (Fsp3) is 0.600. The van der Waals surface area contributed by atoms with Crippen LogP contribution in [0, 0.1) is 0 Å². The molecule has 1 aliphatic rings. The summed E-state index contributed by atoms with van der Waals surface area (Å²) in [6.45, 7) is 4.80. The van der Waals surface area contributed by atoms with Crippen molar-refractivity contribution in [2.75, 3.05) is 6.61 Å². The summed E-state index contributed by atoms with van der Waals surface area (Å²) in [6.07, 6.45) is 5.05. The molecule has 0 heterocycles. The van der Waals surface area contributed by atoms with Crippen LogP contribution in [0.25, 0.3) is 0 Å². The third-order valence-electron chi connectivity index (χ3n) is 3.07. The van der Waals surface area contributed by atoms with Crippen molar-refractivity contribution in [2.45, 2.75) is 51.8 Å². The van der Waals surface area contributed by atoms with Gasteiger partial charge in [-0.05, 0) is 30.4 Å². The van der Waals surface area contributed by atoms with Crippen molar-refractivity contribution in [3.63, 3.8) is 0 Å². The third kappa shape index (κ3) is 4.88. The van der Waals surface area contributed by atoms with Gasteiger partial charge in [0, 0.05) is 19.2 Å². The van der Waals surface area contributed by atoms with Crippen molar-refractivity contribution in [2.24, 2.45) is 0 Å². The van der Waals surface area contributed by atoms with E-state index < -0.39 is 0 Å². The SMILES string of the molecule is CCCCOCc1cccc(CNC2CC2)c1. The number of hydrogen-bond donors (Lipinski definition) is 1. The summed E-state index contributed by atoms with van der Waals surface area (Å²) in [5, 5.41) is 3.54. The lowest BCUT2D eigenvalue weighted by Gasteiger charge is -2.07. The Labute approximate surface area is 104 Å². The number of benzene rings is 1. The first-order valence-corrected chi connectivity index (χ1v) is 6.77. The molecule has 94 valence electrons. The Hall–Kier alpha value is -0.860. The van der Waals surface area contributed by atoms with Crippen LogP contribution < -0.4 is 5.32 Å². The van der Waals surface area contributed by atoms with Crippen LogP contribution in [0.5, 0.6) is 0 Å². The van der Waals surface area contributed by atoms with E-state index in [2.05, 4.69) is 36.5 Å². The Kier molecular flexibility index (Phi) is 5.02. The van der Waals surface area contributed by atoms with Crippen LogP contribution in [-0.2, 0) is 17.9 Å². The second-order valence-electron chi connectivity index (χ2n) is 4.88. The summed E-state index contributed by atoms with van der Waals surface area (Å²) in [7, 11) is 0. The van der Waals surface area contributed by atoms with Gasteiger partial charge in [-0.3, -0.25) is 0 Å². The molecule has 0 spiro atoms.